The largest absolute Gasteiger partial charge is 0.492 e. The molecule has 8 nitrogen and oxygen atoms in total. The van der Waals surface area contributed by atoms with Crippen LogP contribution >= 0.6 is 0 Å². The highest BCUT2D eigenvalue weighted by molar-refractivity contribution is 6.04. The standard InChI is InChI=1S/C29H29N3O5/c1-20(17-26(33)22-7-3-2-4-8-22)31-25(29(34)35)18-21-11-13-23(14-12-21)36-16-15-30-19-28-32-24-9-5-6-10-27(24)37-28/h2-14,17,25,30-31H,15-16,18-19H2,1H3,(H,34,35)/b20-17-. The third kappa shape index (κ3) is 7.52. The van der Waals surface area contributed by atoms with Crippen molar-refractivity contribution in [2.75, 3.05) is 13.2 Å². The van der Waals surface area contributed by atoms with Crippen LogP contribution in [-0.2, 0) is 17.8 Å². The molecule has 3 N–H and O–H groups in total. The number of ketones is 1. The Morgan fingerprint density at radius 3 is 2.49 bits per heavy atom. The predicted molar refractivity (Wildman–Crippen MR) is 140 cm³/mol. The molecule has 0 aliphatic heterocycles. The molecule has 37 heavy (non-hydrogen) atoms. The number of aromatic nitrogens is 1. The van der Waals surface area contributed by atoms with Crippen molar-refractivity contribution in [1.29, 1.82) is 0 Å². The molecular formula is C29H29N3O5. The lowest BCUT2D eigenvalue weighted by Crippen LogP contribution is -2.37. The van der Waals surface area contributed by atoms with E-state index in [4.69, 9.17) is 9.15 Å². The van der Waals surface area contributed by atoms with E-state index in [0.717, 1.165) is 16.7 Å². The number of allylic oxidation sites excluding steroid dienone is 2. The number of para-hydroxylation sites is 2. The van der Waals surface area contributed by atoms with Crippen LogP contribution in [0.15, 0.2) is 95.1 Å². The number of hydrogen-bond donors (Lipinski definition) is 3. The molecule has 0 saturated carbocycles. The van der Waals surface area contributed by atoms with Gasteiger partial charge in [-0.15, -0.1) is 0 Å². The van der Waals surface area contributed by atoms with Gasteiger partial charge in [-0.05, 0) is 36.8 Å². The fourth-order valence-electron chi connectivity index (χ4n) is 3.79. The first kappa shape index (κ1) is 25.7. The zero-order valence-electron chi connectivity index (χ0n) is 20.5. The lowest BCUT2D eigenvalue weighted by atomic mass is 10.1. The van der Waals surface area contributed by atoms with E-state index in [1.54, 1.807) is 31.2 Å². The van der Waals surface area contributed by atoms with Gasteiger partial charge in [-0.2, -0.15) is 0 Å². The van der Waals surface area contributed by atoms with Crippen molar-refractivity contribution < 1.29 is 23.8 Å². The van der Waals surface area contributed by atoms with Gasteiger partial charge in [0.15, 0.2) is 11.4 Å². The molecule has 0 bridgehead atoms. The number of hydrogen-bond acceptors (Lipinski definition) is 7. The van der Waals surface area contributed by atoms with Gasteiger partial charge < -0.3 is 24.9 Å². The van der Waals surface area contributed by atoms with E-state index in [2.05, 4.69) is 15.6 Å². The highest BCUT2D eigenvalue weighted by atomic mass is 16.5. The smallest absolute Gasteiger partial charge is 0.326 e. The number of carbonyl (C=O) groups excluding carboxylic acids is 1. The molecule has 8 heteroatoms. The number of oxazole rings is 1. The maximum absolute atomic E-state index is 12.3. The molecule has 0 amide bonds. The number of fused-ring (bicyclic) bond motifs is 1. The molecule has 0 spiro atoms. The monoisotopic (exact) mass is 499 g/mol. The third-order valence-electron chi connectivity index (χ3n) is 5.63. The first-order valence-electron chi connectivity index (χ1n) is 12.0. The topological polar surface area (TPSA) is 114 Å². The van der Waals surface area contributed by atoms with Crippen LogP contribution in [0.5, 0.6) is 5.75 Å². The average molecular weight is 500 g/mol. The van der Waals surface area contributed by atoms with Crippen LogP contribution in [0.4, 0.5) is 0 Å². The maximum atomic E-state index is 12.3. The number of rotatable bonds is 13. The van der Waals surface area contributed by atoms with E-state index in [9.17, 15) is 14.7 Å². The molecule has 0 saturated heterocycles. The Morgan fingerprint density at radius 2 is 1.76 bits per heavy atom. The molecule has 1 aromatic heterocycles. The van der Waals surface area contributed by atoms with Crippen LogP contribution in [-0.4, -0.2) is 41.0 Å². The van der Waals surface area contributed by atoms with Crippen LogP contribution in [0.2, 0.25) is 0 Å². The van der Waals surface area contributed by atoms with Crippen LogP contribution in [0.3, 0.4) is 0 Å². The first-order chi connectivity index (χ1) is 18.0. The normalized spacial score (nSPS) is 12.3. The maximum Gasteiger partial charge on any atom is 0.326 e. The zero-order chi connectivity index (χ0) is 26.0. The number of carbonyl (C=O) groups is 2. The van der Waals surface area contributed by atoms with Gasteiger partial charge in [0, 0.05) is 30.3 Å². The fraction of sp³-hybridized carbons (Fsp3) is 0.207. The van der Waals surface area contributed by atoms with Crippen molar-refractivity contribution in [3.63, 3.8) is 0 Å². The molecule has 0 fully saturated rings. The van der Waals surface area contributed by atoms with Gasteiger partial charge in [-0.3, -0.25) is 4.79 Å². The number of ether oxygens (including phenoxy) is 1. The summed E-state index contributed by atoms with van der Waals surface area (Å²) in [4.78, 5) is 28.6. The second kappa shape index (κ2) is 12.5. The summed E-state index contributed by atoms with van der Waals surface area (Å²) in [6, 6.07) is 22.9. The van der Waals surface area contributed by atoms with Crippen molar-refractivity contribution >= 4 is 22.9 Å². The molecule has 3 aromatic carbocycles. The summed E-state index contributed by atoms with van der Waals surface area (Å²) in [6.45, 7) is 3.26. The summed E-state index contributed by atoms with van der Waals surface area (Å²) in [6.07, 6.45) is 1.67. The molecule has 1 unspecified atom stereocenters. The molecule has 0 aliphatic rings. The molecule has 4 aromatic rings. The van der Waals surface area contributed by atoms with Crippen molar-refractivity contribution in [2.24, 2.45) is 0 Å². The SMILES string of the molecule is C/C(=C/C(=O)c1ccccc1)NC(Cc1ccc(OCCNCc2nc3ccccc3o2)cc1)C(=O)O. The van der Waals surface area contributed by atoms with Crippen LogP contribution < -0.4 is 15.4 Å². The summed E-state index contributed by atoms with van der Waals surface area (Å²) < 4.78 is 11.4. The number of carboxylic acid groups (broad SMARTS) is 1. The Hall–Kier alpha value is -4.43. The lowest BCUT2D eigenvalue weighted by molar-refractivity contribution is -0.139. The number of nitrogens with zero attached hydrogens (tertiary/aromatic N) is 1. The van der Waals surface area contributed by atoms with Gasteiger partial charge in [-0.1, -0.05) is 54.6 Å². The molecule has 0 radical (unpaired) electrons. The van der Waals surface area contributed by atoms with Crippen LogP contribution in [0.1, 0.15) is 28.7 Å². The fourth-order valence-corrected chi connectivity index (χ4v) is 3.79. The molecule has 190 valence electrons. The van der Waals surface area contributed by atoms with Crippen molar-refractivity contribution in [3.8, 4) is 5.75 Å². The molecular weight excluding hydrogens is 470 g/mol. The second-order valence-electron chi connectivity index (χ2n) is 8.54. The summed E-state index contributed by atoms with van der Waals surface area (Å²) in [5.41, 5.74) is 3.48. The first-order valence-corrected chi connectivity index (χ1v) is 12.0. The van der Waals surface area contributed by atoms with Crippen molar-refractivity contribution in [3.05, 3.63) is 108 Å². The van der Waals surface area contributed by atoms with Crippen LogP contribution in [0.25, 0.3) is 11.1 Å². The quantitative estimate of drug-likeness (QED) is 0.141. The van der Waals surface area contributed by atoms with E-state index in [0.29, 0.717) is 42.6 Å². The Kier molecular flexibility index (Phi) is 8.67. The molecule has 4 rings (SSSR count). The summed E-state index contributed by atoms with van der Waals surface area (Å²) >= 11 is 0. The zero-order valence-corrected chi connectivity index (χ0v) is 20.5. The van der Waals surface area contributed by atoms with E-state index in [1.165, 1.54) is 6.08 Å². The molecule has 1 heterocycles. The number of benzene rings is 3. The average Bonchev–Trinajstić information content (AvgIpc) is 3.32. The molecule has 0 aliphatic carbocycles. The minimum Gasteiger partial charge on any atom is -0.492 e. The van der Waals surface area contributed by atoms with Gasteiger partial charge in [0.05, 0.1) is 6.54 Å². The summed E-state index contributed by atoms with van der Waals surface area (Å²) in [5.74, 6) is 0.142. The highest BCUT2D eigenvalue weighted by Gasteiger charge is 2.18. The predicted octanol–water partition coefficient (Wildman–Crippen LogP) is 4.37. The Labute approximate surface area is 215 Å². The second-order valence-corrected chi connectivity index (χ2v) is 8.54. The van der Waals surface area contributed by atoms with Gasteiger partial charge in [-0.25, -0.2) is 9.78 Å². The highest BCUT2D eigenvalue weighted by Crippen LogP contribution is 2.15. The number of nitrogens with one attached hydrogen (secondary N) is 2. The van der Waals surface area contributed by atoms with Gasteiger partial charge >= 0.3 is 5.97 Å². The van der Waals surface area contributed by atoms with E-state index >= 15 is 0 Å². The molecule has 1 atom stereocenters. The summed E-state index contributed by atoms with van der Waals surface area (Å²) in [5, 5.41) is 15.8. The number of aliphatic carboxylic acids is 1. The lowest BCUT2D eigenvalue weighted by Gasteiger charge is -2.16. The van der Waals surface area contributed by atoms with E-state index < -0.39 is 12.0 Å². The van der Waals surface area contributed by atoms with Crippen molar-refractivity contribution in [2.45, 2.75) is 25.9 Å². The van der Waals surface area contributed by atoms with Gasteiger partial charge in [0.1, 0.15) is 23.9 Å². The van der Waals surface area contributed by atoms with E-state index in [-0.39, 0.29) is 12.2 Å². The van der Waals surface area contributed by atoms with Gasteiger partial charge in [0.25, 0.3) is 0 Å². The van der Waals surface area contributed by atoms with Crippen LogP contribution in [0, 0.1) is 0 Å². The van der Waals surface area contributed by atoms with Crippen molar-refractivity contribution in [1.82, 2.24) is 15.6 Å². The third-order valence-corrected chi connectivity index (χ3v) is 5.63. The summed E-state index contributed by atoms with van der Waals surface area (Å²) in [7, 11) is 0. The minimum atomic E-state index is -0.995. The number of carboxylic acids is 1. The minimum absolute atomic E-state index is 0.181. The Morgan fingerprint density at radius 1 is 1.03 bits per heavy atom. The Balaban J connectivity index is 1.22. The Bertz CT molecular complexity index is 1330. The van der Waals surface area contributed by atoms with E-state index in [1.807, 2.05) is 54.6 Å². The van der Waals surface area contributed by atoms with Gasteiger partial charge in [0.2, 0.25) is 5.89 Å².